The van der Waals surface area contributed by atoms with Gasteiger partial charge in [-0.1, -0.05) is 12.1 Å². The molecular weight excluding hydrogens is 424 g/mol. The molecule has 0 saturated heterocycles. The fraction of sp³-hybridized carbons (Fsp3) is 0.450. The van der Waals surface area contributed by atoms with Crippen LogP contribution in [0.25, 0.3) is 0 Å². The number of nitrogens with one attached hydrogen (secondary N) is 1. The van der Waals surface area contributed by atoms with Gasteiger partial charge in [0.1, 0.15) is 11.6 Å². The molecule has 1 heterocycles. The molecule has 170 valence electrons. The van der Waals surface area contributed by atoms with E-state index in [1.165, 1.54) is 11.1 Å². The first kappa shape index (κ1) is 24.4. The molecule has 1 aromatic carbocycles. The Morgan fingerprint density at radius 2 is 1.90 bits per heavy atom. The zero-order chi connectivity index (χ0) is 23.0. The highest BCUT2D eigenvalue weighted by Crippen LogP contribution is 2.13. The van der Waals surface area contributed by atoms with Crippen molar-refractivity contribution in [3.8, 4) is 5.75 Å². The van der Waals surface area contributed by atoms with Crippen molar-refractivity contribution in [3.63, 3.8) is 0 Å². The van der Waals surface area contributed by atoms with E-state index in [-0.39, 0.29) is 23.9 Å². The first-order valence-corrected chi connectivity index (χ1v) is 11.2. The molecule has 1 aromatic heterocycles. The second-order valence-corrected chi connectivity index (χ2v) is 8.59. The van der Waals surface area contributed by atoms with Crippen molar-refractivity contribution in [2.45, 2.75) is 31.8 Å². The lowest BCUT2D eigenvalue weighted by molar-refractivity contribution is -0.151. The van der Waals surface area contributed by atoms with Crippen LogP contribution in [-0.2, 0) is 37.9 Å². The third kappa shape index (κ3) is 7.37. The molecule has 2 rings (SSSR count). The Kier molecular flexibility index (Phi) is 8.57. The fourth-order valence-electron chi connectivity index (χ4n) is 2.56. The van der Waals surface area contributed by atoms with Gasteiger partial charge in [0.2, 0.25) is 0 Å². The third-order valence-corrected chi connectivity index (χ3v) is 5.75. The van der Waals surface area contributed by atoms with Gasteiger partial charge < -0.3 is 18.9 Å². The number of amides is 1. The zero-order valence-corrected chi connectivity index (χ0v) is 18.9. The Bertz CT molecular complexity index is 982. The van der Waals surface area contributed by atoms with E-state index in [4.69, 9.17) is 9.47 Å². The predicted octanol–water partition coefficient (Wildman–Crippen LogP) is 0.997. The van der Waals surface area contributed by atoms with Crippen molar-refractivity contribution >= 4 is 21.9 Å². The maximum absolute atomic E-state index is 12.2. The van der Waals surface area contributed by atoms with Gasteiger partial charge in [0.05, 0.1) is 13.0 Å². The average molecular weight is 453 g/mol. The topological polar surface area (TPSA) is 120 Å². The van der Waals surface area contributed by atoms with Gasteiger partial charge in [0.15, 0.2) is 11.6 Å². The third-order valence-electron chi connectivity index (χ3n) is 4.42. The number of imidazole rings is 1. The van der Waals surface area contributed by atoms with E-state index in [2.05, 4.69) is 9.71 Å². The minimum absolute atomic E-state index is 0.119. The van der Waals surface area contributed by atoms with Gasteiger partial charge in [0.25, 0.3) is 15.9 Å². The molecule has 0 spiro atoms. The number of esters is 1. The van der Waals surface area contributed by atoms with Crippen LogP contribution < -0.4 is 9.46 Å². The molecule has 11 heteroatoms. The molecular formula is C20H28N4O6S. The maximum atomic E-state index is 12.2. The SMILES string of the molecule is CCOc1ccc(CN(C)C(=O)COC(=O)CCNS(=O)(=O)c2cn(C)c(C)n2)cc1. The van der Waals surface area contributed by atoms with Crippen LogP contribution in [0.15, 0.2) is 35.5 Å². The van der Waals surface area contributed by atoms with Crippen LogP contribution in [0.5, 0.6) is 5.75 Å². The van der Waals surface area contributed by atoms with Gasteiger partial charge in [-0.05, 0) is 31.5 Å². The number of rotatable bonds is 11. The molecule has 0 aliphatic heterocycles. The van der Waals surface area contributed by atoms with Gasteiger partial charge in [-0.2, -0.15) is 0 Å². The highest BCUT2D eigenvalue weighted by molar-refractivity contribution is 7.89. The number of aromatic nitrogens is 2. The van der Waals surface area contributed by atoms with E-state index in [1.807, 2.05) is 31.2 Å². The number of benzene rings is 1. The Balaban J connectivity index is 1.72. The quantitative estimate of drug-likeness (QED) is 0.505. The standard InChI is InChI=1S/C20H28N4O6S/c1-5-29-17-8-6-16(7-9-17)12-24(4)19(25)14-30-20(26)10-11-21-31(27,28)18-13-23(3)15(2)22-18/h6-9,13,21H,5,10-12,14H2,1-4H3. The van der Waals surface area contributed by atoms with Gasteiger partial charge >= 0.3 is 5.97 Å². The average Bonchev–Trinajstić information content (AvgIpc) is 3.07. The van der Waals surface area contributed by atoms with Crippen LogP contribution in [0.3, 0.4) is 0 Å². The van der Waals surface area contributed by atoms with E-state index in [9.17, 15) is 18.0 Å². The lowest BCUT2D eigenvalue weighted by Gasteiger charge is -2.17. The highest BCUT2D eigenvalue weighted by Gasteiger charge is 2.19. The Labute approximate surface area is 182 Å². The summed E-state index contributed by atoms with van der Waals surface area (Å²) in [5.41, 5.74) is 0.907. The molecule has 1 N–H and O–H groups in total. The monoisotopic (exact) mass is 452 g/mol. The number of carbonyl (C=O) groups is 2. The summed E-state index contributed by atoms with van der Waals surface area (Å²) >= 11 is 0. The molecule has 0 bridgehead atoms. The smallest absolute Gasteiger partial charge is 0.307 e. The van der Waals surface area contributed by atoms with Crippen molar-refractivity contribution in [2.75, 3.05) is 26.8 Å². The summed E-state index contributed by atoms with van der Waals surface area (Å²) in [7, 11) is -0.528. The largest absolute Gasteiger partial charge is 0.494 e. The van der Waals surface area contributed by atoms with Gasteiger partial charge in [-0.25, -0.2) is 18.1 Å². The molecule has 0 fully saturated rings. The molecule has 0 unspecified atom stereocenters. The van der Waals surface area contributed by atoms with E-state index in [0.29, 0.717) is 19.0 Å². The highest BCUT2D eigenvalue weighted by atomic mass is 32.2. The summed E-state index contributed by atoms with van der Waals surface area (Å²) in [5, 5.41) is -0.119. The Morgan fingerprint density at radius 1 is 1.23 bits per heavy atom. The summed E-state index contributed by atoms with van der Waals surface area (Å²) in [5.74, 6) is 0.255. The molecule has 0 saturated carbocycles. The molecule has 1 amide bonds. The molecule has 0 aliphatic rings. The number of aryl methyl sites for hydroxylation is 2. The Hall–Kier alpha value is -2.92. The second kappa shape index (κ2) is 10.9. The van der Waals surface area contributed by atoms with Crippen LogP contribution in [0.4, 0.5) is 0 Å². The molecule has 0 radical (unpaired) electrons. The first-order valence-electron chi connectivity index (χ1n) is 9.73. The first-order chi connectivity index (χ1) is 14.6. The molecule has 0 atom stereocenters. The minimum atomic E-state index is -3.82. The van der Waals surface area contributed by atoms with Crippen LogP contribution >= 0.6 is 0 Å². The maximum Gasteiger partial charge on any atom is 0.307 e. The molecule has 0 aliphatic carbocycles. The van der Waals surface area contributed by atoms with Crippen LogP contribution in [-0.4, -0.2) is 61.6 Å². The number of nitrogens with zero attached hydrogens (tertiary/aromatic N) is 3. The number of hydrogen-bond donors (Lipinski definition) is 1. The molecule has 10 nitrogen and oxygen atoms in total. The summed E-state index contributed by atoms with van der Waals surface area (Å²) in [6.07, 6.45) is 1.18. The summed E-state index contributed by atoms with van der Waals surface area (Å²) in [4.78, 5) is 29.4. The van der Waals surface area contributed by atoms with E-state index in [0.717, 1.165) is 11.3 Å². The van der Waals surface area contributed by atoms with Gasteiger partial charge in [0, 0.05) is 33.4 Å². The number of hydrogen-bond acceptors (Lipinski definition) is 7. The van der Waals surface area contributed by atoms with Crippen LogP contribution in [0.2, 0.25) is 0 Å². The summed E-state index contributed by atoms with van der Waals surface area (Å²) in [6, 6.07) is 7.36. The number of carbonyl (C=O) groups excluding carboxylic acids is 2. The Morgan fingerprint density at radius 3 is 2.48 bits per heavy atom. The van der Waals surface area contributed by atoms with Crippen molar-refractivity contribution in [1.82, 2.24) is 19.2 Å². The fourth-order valence-corrected chi connectivity index (χ4v) is 3.63. The van der Waals surface area contributed by atoms with Crippen LogP contribution in [0.1, 0.15) is 24.7 Å². The predicted molar refractivity (Wildman–Crippen MR) is 113 cm³/mol. The van der Waals surface area contributed by atoms with E-state index < -0.39 is 22.6 Å². The van der Waals surface area contributed by atoms with E-state index in [1.54, 1.807) is 25.6 Å². The van der Waals surface area contributed by atoms with Crippen molar-refractivity contribution in [1.29, 1.82) is 0 Å². The number of likely N-dealkylation sites (N-methyl/N-ethyl adjacent to an activating group) is 1. The normalized spacial score (nSPS) is 11.2. The number of sulfonamides is 1. The summed E-state index contributed by atoms with van der Waals surface area (Å²) < 4.78 is 38.5. The van der Waals surface area contributed by atoms with Gasteiger partial charge in [-0.3, -0.25) is 9.59 Å². The molecule has 31 heavy (non-hydrogen) atoms. The number of ether oxygens (including phenoxy) is 2. The van der Waals surface area contributed by atoms with Crippen molar-refractivity contribution < 1.29 is 27.5 Å². The molecule has 2 aromatic rings. The van der Waals surface area contributed by atoms with Crippen molar-refractivity contribution in [2.24, 2.45) is 7.05 Å². The summed E-state index contributed by atoms with van der Waals surface area (Å²) in [6.45, 7) is 3.93. The lowest BCUT2D eigenvalue weighted by Crippen LogP contribution is -2.32. The lowest BCUT2D eigenvalue weighted by atomic mass is 10.2. The van der Waals surface area contributed by atoms with Gasteiger partial charge in [-0.15, -0.1) is 0 Å². The van der Waals surface area contributed by atoms with Crippen molar-refractivity contribution in [3.05, 3.63) is 41.9 Å². The van der Waals surface area contributed by atoms with Crippen LogP contribution in [0, 0.1) is 6.92 Å². The minimum Gasteiger partial charge on any atom is -0.494 e. The second-order valence-electron chi connectivity index (χ2n) is 6.87. The zero-order valence-electron chi connectivity index (χ0n) is 18.1. The van der Waals surface area contributed by atoms with E-state index >= 15 is 0 Å².